The van der Waals surface area contributed by atoms with Crippen LogP contribution < -0.4 is 9.47 Å². The molecule has 0 aliphatic carbocycles. The van der Waals surface area contributed by atoms with Crippen LogP contribution in [-0.2, 0) is 4.74 Å². The lowest BCUT2D eigenvalue weighted by molar-refractivity contribution is 0.0368. The summed E-state index contributed by atoms with van der Waals surface area (Å²) in [4.78, 5) is 14.8. The number of para-hydroxylation sites is 1. The van der Waals surface area contributed by atoms with E-state index >= 15 is 0 Å². The summed E-state index contributed by atoms with van der Waals surface area (Å²) >= 11 is 0. The number of likely N-dealkylation sites (tertiary alicyclic amines) is 1. The molecule has 0 amide bonds. The molecule has 0 bridgehead atoms. The predicted molar refractivity (Wildman–Crippen MR) is 94.2 cm³/mol. The Bertz CT molecular complexity index is 544. The lowest BCUT2D eigenvalue weighted by atomic mass is 9.97. The summed E-state index contributed by atoms with van der Waals surface area (Å²) in [5.41, 5.74) is 0.459. The molecule has 0 unspecified atom stereocenters. The van der Waals surface area contributed by atoms with Crippen molar-refractivity contribution in [2.45, 2.75) is 32.6 Å². The Hall–Kier alpha value is -1.46. The molecule has 1 saturated heterocycles. The van der Waals surface area contributed by atoms with Crippen molar-refractivity contribution in [2.24, 2.45) is 5.92 Å². The van der Waals surface area contributed by atoms with Gasteiger partial charge in [0.25, 0.3) is 0 Å². The second-order valence-electron chi connectivity index (χ2n) is 6.28. The number of halogens is 1. The first kappa shape index (κ1) is 18.9. The number of hydrogen-bond donors (Lipinski definition) is 0. The smallest absolute Gasteiger partial charge is 0.342 e. The zero-order chi connectivity index (χ0) is 16.1. The molecule has 2 aliphatic heterocycles. The van der Waals surface area contributed by atoms with E-state index in [1.54, 1.807) is 18.2 Å². The fraction of sp³-hybridized carbons (Fsp3) is 0.611. The molecule has 1 aromatic carbocycles. The van der Waals surface area contributed by atoms with Gasteiger partial charge in [0.2, 0.25) is 6.79 Å². The van der Waals surface area contributed by atoms with E-state index in [4.69, 9.17) is 14.2 Å². The quantitative estimate of drug-likeness (QED) is 0.731. The van der Waals surface area contributed by atoms with E-state index in [-0.39, 0.29) is 25.2 Å². The summed E-state index contributed by atoms with van der Waals surface area (Å²) in [5, 5.41) is 0. The number of nitrogens with zero attached hydrogens (tertiary/aromatic N) is 1. The summed E-state index contributed by atoms with van der Waals surface area (Å²) in [6, 6.07) is 5.31. The standard InChI is InChI=1S/C18H25NO4.ClH/c1-2-3-9-19-10-7-14(8-11-19)12-21-18(20)15-5-4-6-16-17(15)23-13-22-16;/h4-6,14H,2-3,7-13H2,1H3;1H. The average Bonchev–Trinajstić information content (AvgIpc) is 3.07. The van der Waals surface area contributed by atoms with Gasteiger partial charge < -0.3 is 19.1 Å². The molecule has 2 heterocycles. The first-order chi connectivity index (χ1) is 11.3. The molecule has 2 aliphatic rings. The Morgan fingerprint density at radius 3 is 2.83 bits per heavy atom. The molecule has 0 atom stereocenters. The van der Waals surface area contributed by atoms with Crippen molar-refractivity contribution in [1.82, 2.24) is 4.90 Å². The molecule has 24 heavy (non-hydrogen) atoms. The number of hydrogen-bond acceptors (Lipinski definition) is 5. The van der Waals surface area contributed by atoms with Crippen LogP contribution in [0.1, 0.15) is 43.0 Å². The molecule has 0 radical (unpaired) electrons. The number of carbonyl (C=O) groups is 1. The van der Waals surface area contributed by atoms with Crippen molar-refractivity contribution >= 4 is 18.4 Å². The van der Waals surface area contributed by atoms with Crippen LogP contribution in [0.15, 0.2) is 18.2 Å². The minimum Gasteiger partial charge on any atom is -0.462 e. The number of benzene rings is 1. The molecule has 6 heteroatoms. The Morgan fingerprint density at radius 2 is 2.08 bits per heavy atom. The largest absolute Gasteiger partial charge is 0.462 e. The summed E-state index contributed by atoms with van der Waals surface area (Å²) in [7, 11) is 0. The van der Waals surface area contributed by atoms with Crippen LogP contribution in [0.5, 0.6) is 11.5 Å². The molecular weight excluding hydrogens is 330 g/mol. The number of piperidine rings is 1. The van der Waals surface area contributed by atoms with Crippen LogP contribution in [0, 0.1) is 5.92 Å². The van der Waals surface area contributed by atoms with E-state index in [0.29, 0.717) is 29.6 Å². The molecule has 134 valence electrons. The zero-order valence-corrected chi connectivity index (χ0v) is 15.0. The lowest BCUT2D eigenvalue weighted by Crippen LogP contribution is -2.36. The minimum atomic E-state index is -0.319. The van der Waals surface area contributed by atoms with Gasteiger partial charge in [-0.1, -0.05) is 19.4 Å². The second-order valence-corrected chi connectivity index (χ2v) is 6.28. The highest BCUT2D eigenvalue weighted by Crippen LogP contribution is 2.35. The Labute approximate surface area is 149 Å². The predicted octanol–water partition coefficient (Wildman–Crippen LogP) is 3.51. The van der Waals surface area contributed by atoms with Gasteiger partial charge in [-0.05, 0) is 56.9 Å². The van der Waals surface area contributed by atoms with Crippen molar-refractivity contribution in [3.8, 4) is 11.5 Å². The molecule has 0 saturated carbocycles. The highest BCUT2D eigenvalue weighted by Gasteiger charge is 2.24. The summed E-state index contributed by atoms with van der Waals surface area (Å²) in [6.07, 6.45) is 4.71. The number of ether oxygens (including phenoxy) is 3. The van der Waals surface area contributed by atoms with Crippen molar-refractivity contribution in [3.63, 3.8) is 0 Å². The molecule has 1 aromatic rings. The molecule has 0 spiro atoms. The molecular formula is C18H26ClNO4. The summed E-state index contributed by atoms with van der Waals surface area (Å²) in [5.74, 6) is 1.27. The molecule has 3 rings (SSSR count). The zero-order valence-electron chi connectivity index (χ0n) is 14.2. The van der Waals surface area contributed by atoms with Gasteiger partial charge in [0.1, 0.15) is 5.56 Å². The summed E-state index contributed by atoms with van der Waals surface area (Å²) in [6.45, 7) is 6.29. The van der Waals surface area contributed by atoms with Gasteiger partial charge in [0.15, 0.2) is 11.5 Å². The summed E-state index contributed by atoms with van der Waals surface area (Å²) < 4.78 is 16.2. The maximum absolute atomic E-state index is 12.3. The van der Waals surface area contributed by atoms with Crippen molar-refractivity contribution in [3.05, 3.63) is 23.8 Å². The average molecular weight is 356 g/mol. The van der Waals surface area contributed by atoms with E-state index < -0.39 is 0 Å². The fourth-order valence-electron chi connectivity index (χ4n) is 3.12. The van der Waals surface area contributed by atoms with E-state index in [2.05, 4.69) is 11.8 Å². The van der Waals surface area contributed by atoms with Crippen molar-refractivity contribution in [1.29, 1.82) is 0 Å². The van der Waals surface area contributed by atoms with Crippen LogP contribution in [0.2, 0.25) is 0 Å². The third-order valence-corrected chi connectivity index (χ3v) is 4.60. The second kappa shape index (κ2) is 9.14. The van der Waals surface area contributed by atoms with Crippen LogP contribution in [0.3, 0.4) is 0 Å². The Kier molecular flexibility index (Phi) is 7.18. The third-order valence-electron chi connectivity index (χ3n) is 4.60. The number of rotatable bonds is 6. The molecule has 5 nitrogen and oxygen atoms in total. The van der Waals surface area contributed by atoms with Crippen LogP contribution in [0.25, 0.3) is 0 Å². The van der Waals surface area contributed by atoms with Gasteiger partial charge in [-0.25, -0.2) is 4.79 Å². The van der Waals surface area contributed by atoms with Gasteiger partial charge in [-0.3, -0.25) is 0 Å². The first-order valence-corrected chi connectivity index (χ1v) is 8.56. The van der Waals surface area contributed by atoms with Crippen molar-refractivity contribution in [2.75, 3.05) is 33.0 Å². The monoisotopic (exact) mass is 355 g/mol. The van der Waals surface area contributed by atoms with Crippen LogP contribution in [-0.4, -0.2) is 43.9 Å². The highest BCUT2D eigenvalue weighted by atomic mass is 35.5. The van der Waals surface area contributed by atoms with Crippen molar-refractivity contribution < 1.29 is 19.0 Å². The lowest BCUT2D eigenvalue weighted by Gasteiger charge is -2.31. The highest BCUT2D eigenvalue weighted by molar-refractivity contribution is 5.93. The first-order valence-electron chi connectivity index (χ1n) is 8.56. The number of unbranched alkanes of at least 4 members (excludes halogenated alkanes) is 1. The molecule has 0 N–H and O–H groups in total. The number of fused-ring (bicyclic) bond motifs is 1. The van der Waals surface area contributed by atoms with Crippen LogP contribution >= 0.6 is 12.4 Å². The SMILES string of the molecule is CCCCN1CCC(COC(=O)c2cccc3c2OCO3)CC1.Cl. The van der Waals surface area contributed by atoms with Gasteiger partial charge in [0, 0.05) is 0 Å². The van der Waals surface area contributed by atoms with E-state index in [1.165, 1.54) is 19.4 Å². The minimum absolute atomic E-state index is 0. The van der Waals surface area contributed by atoms with Crippen LogP contribution in [0.4, 0.5) is 0 Å². The fourth-order valence-corrected chi connectivity index (χ4v) is 3.12. The van der Waals surface area contributed by atoms with E-state index in [1.807, 2.05) is 0 Å². The number of esters is 1. The Balaban J connectivity index is 0.00000208. The van der Waals surface area contributed by atoms with E-state index in [9.17, 15) is 4.79 Å². The van der Waals surface area contributed by atoms with Gasteiger partial charge in [-0.15, -0.1) is 12.4 Å². The maximum Gasteiger partial charge on any atom is 0.342 e. The van der Waals surface area contributed by atoms with Gasteiger partial charge >= 0.3 is 5.97 Å². The molecule has 0 aromatic heterocycles. The Morgan fingerprint density at radius 1 is 1.29 bits per heavy atom. The van der Waals surface area contributed by atoms with Gasteiger partial charge in [0.05, 0.1) is 6.61 Å². The topological polar surface area (TPSA) is 48.0 Å². The van der Waals surface area contributed by atoms with Gasteiger partial charge in [-0.2, -0.15) is 0 Å². The maximum atomic E-state index is 12.3. The normalized spacial score (nSPS) is 17.4. The van der Waals surface area contributed by atoms with E-state index in [0.717, 1.165) is 25.9 Å². The third kappa shape index (κ3) is 4.54. The number of carbonyl (C=O) groups excluding carboxylic acids is 1. The molecule has 1 fully saturated rings.